The first-order valence-electron chi connectivity index (χ1n) is 3.19. The first-order valence-corrected chi connectivity index (χ1v) is 4.31. The molecule has 0 aromatic rings. The van der Waals surface area contributed by atoms with Crippen molar-refractivity contribution in [2.45, 2.75) is 6.92 Å². The van der Waals surface area contributed by atoms with Gasteiger partial charge in [-0.25, -0.2) is 4.79 Å². The van der Waals surface area contributed by atoms with E-state index >= 15 is 0 Å². The van der Waals surface area contributed by atoms with Gasteiger partial charge >= 0.3 is 5.97 Å². The fourth-order valence-corrected chi connectivity index (χ4v) is 0.968. The molecule has 0 radical (unpaired) electrons. The Labute approximate surface area is 75.1 Å². The van der Waals surface area contributed by atoms with Gasteiger partial charge in [0.15, 0.2) is 0 Å². The van der Waals surface area contributed by atoms with Gasteiger partial charge in [0.1, 0.15) is 0 Å². The van der Waals surface area contributed by atoms with E-state index in [1.165, 1.54) is 13.2 Å². The standard InChI is InChI=1S/C8H11BrO2/c1-7(5-6-9)3-4-8(10)11-2/h3-5H,6H2,1-2H3. The molecule has 0 saturated carbocycles. The predicted octanol–water partition coefficient (Wildman–Crippen LogP) is 2.06. The van der Waals surface area contributed by atoms with Crippen molar-refractivity contribution in [3.63, 3.8) is 0 Å². The van der Waals surface area contributed by atoms with E-state index in [4.69, 9.17) is 0 Å². The predicted molar refractivity (Wildman–Crippen MR) is 48.7 cm³/mol. The second kappa shape index (κ2) is 6.16. The van der Waals surface area contributed by atoms with Crippen molar-refractivity contribution in [3.8, 4) is 0 Å². The second-order valence-corrected chi connectivity index (χ2v) is 2.61. The monoisotopic (exact) mass is 218 g/mol. The molecule has 0 unspecified atom stereocenters. The fourth-order valence-electron chi connectivity index (χ4n) is 0.457. The smallest absolute Gasteiger partial charge is 0.330 e. The lowest BCUT2D eigenvalue weighted by molar-refractivity contribution is -0.134. The first kappa shape index (κ1) is 10.4. The van der Waals surface area contributed by atoms with E-state index in [1.807, 2.05) is 13.0 Å². The van der Waals surface area contributed by atoms with E-state index in [9.17, 15) is 4.79 Å². The van der Waals surface area contributed by atoms with Crippen LogP contribution in [0.25, 0.3) is 0 Å². The third kappa shape index (κ3) is 5.85. The van der Waals surface area contributed by atoms with Gasteiger partial charge in [0.25, 0.3) is 0 Å². The molecule has 0 aromatic heterocycles. The zero-order valence-electron chi connectivity index (χ0n) is 6.63. The highest BCUT2D eigenvalue weighted by atomic mass is 79.9. The molecular formula is C8H11BrO2. The molecule has 62 valence electrons. The van der Waals surface area contributed by atoms with Crippen molar-refractivity contribution in [1.29, 1.82) is 0 Å². The lowest BCUT2D eigenvalue weighted by Crippen LogP contribution is -1.93. The molecule has 0 aliphatic heterocycles. The summed E-state index contributed by atoms with van der Waals surface area (Å²) >= 11 is 3.25. The Bertz CT molecular complexity index is 183. The molecule has 0 aliphatic rings. The molecule has 0 spiro atoms. The Balaban J connectivity index is 3.92. The topological polar surface area (TPSA) is 26.3 Å². The van der Waals surface area contributed by atoms with Gasteiger partial charge in [0.2, 0.25) is 0 Å². The molecule has 0 aliphatic carbocycles. The SMILES string of the molecule is COC(=O)C=CC(C)=CCBr. The van der Waals surface area contributed by atoms with E-state index < -0.39 is 0 Å². The summed E-state index contributed by atoms with van der Waals surface area (Å²) in [6.45, 7) is 1.92. The van der Waals surface area contributed by atoms with Gasteiger partial charge in [-0.05, 0) is 6.92 Å². The Hall–Kier alpha value is -0.570. The molecule has 0 aromatic carbocycles. The molecule has 0 bridgehead atoms. The number of ether oxygens (including phenoxy) is 1. The summed E-state index contributed by atoms with van der Waals surface area (Å²) in [5.41, 5.74) is 1.03. The van der Waals surface area contributed by atoms with Crippen LogP contribution in [0.3, 0.4) is 0 Å². The van der Waals surface area contributed by atoms with Crippen molar-refractivity contribution < 1.29 is 9.53 Å². The Morgan fingerprint density at radius 3 is 2.64 bits per heavy atom. The molecule has 0 N–H and O–H groups in total. The zero-order chi connectivity index (χ0) is 8.69. The number of allylic oxidation sites excluding steroid dienone is 3. The largest absolute Gasteiger partial charge is 0.466 e. The van der Waals surface area contributed by atoms with E-state index in [-0.39, 0.29) is 5.97 Å². The number of rotatable bonds is 3. The molecule has 2 nitrogen and oxygen atoms in total. The van der Waals surface area contributed by atoms with Crippen LogP contribution in [0.4, 0.5) is 0 Å². The molecule has 0 atom stereocenters. The van der Waals surface area contributed by atoms with Crippen LogP contribution in [0, 0.1) is 0 Å². The fraction of sp³-hybridized carbons (Fsp3) is 0.375. The van der Waals surface area contributed by atoms with Crippen LogP contribution in [0.1, 0.15) is 6.92 Å². The lowest BCUT2D eigenvalue weighted by Gasteiger charge is -1.90. The van der Waals surface area contributed by atoms with Gasteiger partial charge < -0.3 is 4.74 Å². The summed E-state index contributed by atoms with van der Waals surface area (Å²) in [5.74, 6) is -0.327. The highest BCUT2D eigenvalue weighted by Gasteiger charge is 1.89. The van der Waals surface area contributed by atoms with E-state index in [1.54, 1.807) is 6.08 Å². The van der Waals surface area contributed by atoms with Gasteiger partial charge in [0.05, 0.1) is 7.11 Å². The maximum absolute atomic E-state index is 10.6. The average Bonchev–Trinajstić information content (AvgIpc) is 2.01. The Morgan fingerprint density at radius 2 is 2.18 bits per heavy atom. The van der Waals surface area contributed by atoms with Crippen molar-refractivity contribution in [1.82, 2.24) is 0 Å². The number of methoxy groups -OCH3 is 1. The van der Waals surface area contributed by atoms with Gasteiger partial charge in [0, 0.05) is 11.4 Å². The molecule has 11 heavy (non-hydrogen) atoms. The van der Waals surface area contributed by atoms with Crippen LogP contribution in [-0.2, 0) is 9.53 Å². The molecule has 0 amide bonds. The molecule has 0 heterocycles. The number of hydrogen-bond donors (Lipinski definition) is 0. The van der Waals surface area contributed by atoms with E-state index in [0.717, 1.165) is 10.9 Å². The average molecular weight is 219 g/mol. The summed E-state index contributed by atoms with van der Waals surface area (Å²) in [5, 5.41) is 0.796. The maximum atomic E-state index is 10.6. The van der Waals surface area contributed by atoms with Crippen LogP contribution in [0.2, 0.25) is 0 Å². The highest BCUT2D eigenvalue weighted by molar-refractivity contribution is 9.09. The summed E-state index contributed by atoms with van der Waals surface area (Å²) in [6, 6.07) is 0. The number of esters is 1. The number of hydrogen-bond acceptors (Lipinski definition) is 2. The van der Waals surface area contributed by atoms with Crippen LogP contribution in [0.5, 0.6) is 0 Å². The normalized spacial score (nSPS) is 12.1. The van der Waals surface area contributed by atoms with Crippen LogP contribution in [-0.4, -0.2) is 18.4 Å². The number of alkyl halides is 1. The van der Waals surface area contributed by atoms with Crippen LogP contribution < -0.4 is 0 Å². The summed E-state index contributed by atoms with van der Waals surface area (Å²) in [6.07, 6.45) is 5.07. The van der Waals surface area contributed by atoms with Gasteiger partial charge in [-0.3, -0.25) is 0 Å². The maximum Gasteiger partial charge on any atom is 0.330 e. The number of carbonyl (C=O) groups is 1. The van der Waals surface area contributed by atoms with Crippen LogP contribution >= 0.6 is 15.9 Å². The number of halogens is 1. The minimum atomic E-state index is -0.327. The summed E-state index contributed by atoms with van der Waals surface area (Å²) in [4.78, 5) is 10.6. The molecular weight excluding hydrogens is 208 g/mol. The minimum absolute atomic E-state index is 0.327. The first-order chi connectivity index (χ1) is 5.20. The van der Waals surface area contributed by atoms with Crippen molar-refractivity contribution in [2.75, 3.05) is 12.4 Å². The lowest BCUT2D eigenvalue weighted by atomic mass is 10.3. The number of carbonyl (C=O) groups excluding carboxylic acids is 1. The van der Waals surface area contributed by atoms with Crippen molar-refractivity contribution in [3.05, 3.63) is 23.8 Å². The third-order valence-electron chi connectivity index (χ3n) is 1.08. The molecule has 0 rings (SSSR count). The summed E-state index contributed by atoms with van der Waals surface area (Å²) < 4.78 is 4.41. The minimum Gasteiger partial charge on any atom is -0.466 e. The van der Waals surface area contributed by atoms with Crippen LogP contribution in [0.15, 0.2) is 23.8 Å². The molecule has 0 fully saturated rings. The third-order valence-corrected chi connectivity index (χ3v) is 1.41. The molecule has 0 saturated heterocycles. The van der Waals surface area contributed by atoms with E-state index in [2.05, 4.69) is 20.7 Å². The van der Waals surface area contributed by atoms with Gasteiger partial charge in [-0.2, -0.15) is 0 Å². The zero-order valence-corrected chi connectivity index (χ0v) is 8.22. The van der Waals surface area contributed by atoms with Crippen molar-refractivity contribution >= 4 is 21.9 Å². The Kier molecular flexibility index (Phi) is 5.84. The van der Waals surface area contributed by atoms with Gasteiger partial charge in [-0.1, -0.05) is 33.7 Å². The van der Waals surface area contributed by atoms with Gasteiger partial charge in [-0.15, -0.1) is 0 Å². The summed E-state index contributed by atoms with van der Waals surface area (Å²) in [7, 11) is 1.36. The van der Waals surface area contributed by atoms with E-state index in [0.29, 0.717) is 0 Å². The Morgan fingerprint density at radius 1 is 1.55 bits per heavy atom. The van der Waals surface area contributed by atoms with Crippen molar-refractivity contribution in [2.24, 2.45) is 0 Å². The quantitative estimate of drug-likeness (QED) is 0.314. The molecule has 3 heteroatoms. The highest BCUT2D eigenvalue weighted by Crippen LogP contribution is 1.96. The second-order valence-electron chi connectivity index (χ2n) is 1.96.